The van der Waals surface area contributed by atoms with Gasteiger partial charge < -0.3 is 4.90 Å². The molecule has 0 bridgehead atoms. The minimum Gasteiger partial charge on any atom is -0.310 e. The number of benzene rings is 1. The van der Waals surface area contributed by atoms with E-state index < -0.39 is 0 Å². The number of carbonyl (C=O) groups excluding carboxylic acids is 1. The van der Waals surface area contributed by atoms with Gasteiger partial charge in [0.15, 0.2) is 5.65 Å². The van der Waals surface area contributed by atoms with Gasteiger partial charge in [-0.15, -0.1) is 0 Å². The van der Waals surface area contributed by atoms with Crippen molar-refractivity contribution in [3.05, 3.63) is 70.3 Å². The number of anilines is 1. The number of amides is 1. The first-order chi connectivity index (χ1) is 14.2. The highest BCUT2D eigenvalue weighted by molar-refractivity contribution is 5.96. The van der Waals surface area contributed by atoms with E-state index in [1.54, 1.807) is 26.2 Å². The molecule has 0 saturated heterocycles. The molecule has 29 heavy (non-hydrogen) atoms. The normalized spacial score (nSPS) is 15.9. The van der Waals surface area contributed by atoms with Crippen molar-refractivity contribution in [2.45, 2.75) is 31.7 Å². The Balaban J connectivity index is 1.48. The molecule has 1 amide bonds. The number of aromatic nitrogens is 4. The molecule has 0 radical (unpaired) electrons. The minimum absolute atomic E-state index is 0.0181. The van der Waals surface area contributed by atoms with Crippen molar-refractivity contribution in [1.82, 2.24) is 19.2 Å². The van der Waals surface area contributed by atoms with E-state index in [4.69, 9.17) is 0 Å². The highest BCUT2D eigenvalue weighted by atomic mass is 16.2. The molecular weight excluding hydrogens is 366 g/mol. The van der Waals surface area contributed by atoms with Crippen LogP contribution in [0.2, 0.25) is 0 Å². The zero-order chi connectivity index (χ0) is 19.5. The molecule has 1 saturated carbocycles. The molecule has 2 aliphatic rings. The lowest BCUT2D eigenvalue weighted by molar-refractivity contribution is -0.119. The van der Waals surface area contributed by atoms with Crippen LogP contribution in [-0.2, 0) is 17.8 Å². The Morgan fingerprint density at radius 2 is 1.97 bits per heavy atom. The molecule has 0 N–H and O–H groups in total. The van der Waals surface area contributed by atoms with Crippen LogP contribution in [-0.4, -0.2) is 31.6 Å². The van der Waals surface area contributed by atoms with Gasteiger partial charge >= 0.3 is 0 Å². The fourth-order valence-electron chi connectivity index (χ4n) is 4.28. The maximum Gasteiger partial charge on any atom is 0.277 e. The first kappa shape index (κ1) is 16.5. The number of fused-ring (bicyclic) bond motifs is 4. The zero-order valence-corrected chi connectivity index (χ0v) is 15.8. The van der Waals surface area contributed by atoms with Crippen LogP contribution in [0.25, 0.3) is 16.7 Å². The van der Waals surface area contributed by atoms with Crippen LogP contribution in [0.15, 0.2) is 53.5 Å². The molecule has 144 valence electrons. The average molecular weight is 385 g/mol. The van der Waals surface area contributed by atoms with Crippen LogP contribution in [0.5, 0.6) is 0 Å². The lowest BCUT2D eigenvalue weighted by atomic mass is 10.2. The van der Waals surface area contributed by atoms with Crippen molar-refractivity contribution in [2.24, 2.45) is 0 Å². The summed E-state index contributed by atoms with van der Waals surface area (Å²) >= 11 is 0. The van der Waals surface area contributed by atoms with E-state index in [9.17, 15) is 9.59 Å². The summed E-state index contributed by atoms with van der Waals surface area (Å²) in [6.45, 7) is 0.625. The van der Waals surface area contributed by atoms with Gasteiger partial charge in [0, 0.05) is 24.3 Å². The van der Waals surface area contributed by atoms with Crippen molar-refractivity contribution < 1.29 is 4.79 Å². The van der Waals surface area contributed by atoms with E-state index in [1.807, 2.05) is 36.4 Å². The van der Waals surface area contributed by atoms with E-state index in [1.165, 1.54) is 5.56 Å². The summed E-state index contributed by atoms with van der Waals surface area (Å²) in [5.41, 5.74) is 4.54. The lowest BCUT2D eigenvalue weighted by Gasteiger charge is -2.19. The van der Waals surface area contributed by atoms with Gasteiger partial charge in [-0.25, -0.2) is 9.50 Å². The van der Waals surface area contributed by atoms with Crippen LogP contribution in [0.1, 0.15) is 30.0 Å². The van der Waals surface area contributed by atoms with Crippen molar-refractivity contribution in [3.63, 3.8) is 0 Å². The third-order valence-electron chi connectivity index (χ3n) is 5.93. The maximum atomic E-state index is 13.3. The molecule has 0 atom stereocenters. The number of para-hydroxylation sites is 1. The largest absolute Gasteiger partial charge is 0.310 e. The maximum absolute atomic E-state index is 13.3. The highest BCUT2D eigenvalue weighted by Crippen LogP contribution is 2.39. The van der Waals surface area contributed by atoms with Crippen LogP contribution < -0.4 is 10.5 Å². The molecule has 7 heteroatoms. The highest BCUT2D eigenvalue weighted by Gasteiger charge is 2.29. The topological polar surface area (TPSA) is 72.5 Å². The standard InChI is InChI=1S/C22H19N5O2/c28-20(25-11-9-15-4-1-2-5-17(15)25)13-26-18-6-3-10-23-21(18)27-19(22(26)29)12-16(24-27)14-7-8-14/h1-6,10,12,14H,7-9,11,13H2. The first-order valence-electron chi connectivity index (χ1n) is 9.96. The van der Waals surface area contributed by atoms with E-state index in [0.717, 1.165) is 30.6 Å². The summed E-state index contributed by atoms with van der Waals surface area (Å²) in [5.74, 6) is 0.345. The van der Waals surface area contributed by atoms with Gasteiger partial charge in [-0.05, 0) is 49.1 Å². The molecule has 0 unspecified atom stereocenters. The SMILES string of the molecule is O=C(Cn1c(=O)c2cc(C3CC3)nn2c2ncccc21)N1CCc2ccccc21. The predicted molar refractivity (Wildman–Crippen MR) is 109 cm³/mol. The number of nitrogens with zero attached hydrogens (tertiary/aromatic N) is 5. The second-order valence-corrected chi connectivity index (χ2v) is 7.80. The van der Waals surface area contributed by atoms with Crippen molar-refractivity contribution in [3.8, 4) is 0 Å². The molecule has 7 nitrogen and oxygen atoms in total. The monoisotopic (exact) mass is 385 g/mol. The van der Waals surface area contributed by atoms with Crippen LogP contribution in [0.3, 0.4) is 0 Å². The first-order valence-corrected chi connectivity index (χ1v) is 9.96. The number of hydrogen-bond acceptors (Lipinski definition) is 4. The number of pyridine rings is 1. The van der Waals surface area contributed by atoms with E-state index in [0.29, 0.717) is 29.1 Å². The molecule has 0 spiro atoms. The van der Waals surface area contributed by atoms with Gasteiger partial charge in [0.1, 0.15) is 12.1 Å². The van der Waals surface area contributed by atoms with Gasteiger partial charge in [-0.3, -0.25) is 14.2 Å². The fourth-order valence-corrected chi connectivity index (χ4v) is 4.28. The zero-order valence-electron chi connectivity index (χ0n) is 15.8. The second kappa shape index (κ2) is 6.01. The molecular formula is C22H19N5O2. The summed E-state index contributed by atoms with van der Waals surface area (Å²) in [7, 11) is 0. The van der Waals surface area contributed by atoms with Gasteiger partial charge in [0.25, 0.3) is 5.56 Å². The molecule has 4 heterocycles. The Labute approximate surface area is 166 Å². The molecule has 4 aromatic rings. The van der Waals surface area contributed by atoms with E-state index in [-0.39, 0.29) is 18.0 Å². The van der Waals surface area contributed by atoms with Crippen LogP contribution in [0.4, 0.5) is 5.69 Å². The minimum atomic E-state index is -0.203. The molecule has 1 fully saturated rings. The number of rotatable bonds is 3. The summed E-state index contributed by atoms with van der Waals surface area (Å²) in [4.78, 5) is 32.7. The van der Waals surface area contributed by atoms with E-state index in [2.05, 4.69) is 10.1 Å². The summed E-state index contributed by atoms with van der Waals surface area (Å²) in [6, 6.07) is 13.4. The van der Waals surface area contributed by atoms with Gasteiger partial charge in [-0.2, -0.15) is 5.10 Å². The smallest absolute Gasteiger partial charge is 0.277 e. The third kappa shape index (κ3) is 2.50. The Morgan fingerprint density at radius 1 is 1.10 bits per heavy atom. The number of hydrogen-bond donors (Lipinski definition) is 0. The Hall–Kier alpha value is -3.48. The Kier molecular flexibility index (Phi) is 3.41. The van der Waals surface area contributed by atoms with Crippen LogP contribution >= 0.6 is 0 Å². The Bertz CT molecular complexity index is 1350. The molecule has 1 aliphatic carbocycles. The summed E-state index contributed by atoms with van der Waals surface area (Å²) in [6.07, 6.45) is 4.74. The molecule has 1 aromatic carbocycles. The second-order valence-electron chi connectivity index (χ2n) is 7.80. The lowest BCUT2D eigenvalue weighted by Crippen LogP contribution is -2.36. The molecule has 6 rings (SSSR count). The summed E-state index contributed by atoms with van der Waals surface area (Å²) < 4.78 is 3.18. The van der Waals surface area contributed by atoms with Crippen molar-refractivity contribution in [1.29, 1.82) is 0 Å². The van der Waals surface area contributed by atoms with Gasteiger partial charge in [0.2, 0.25) is 5.91 Å². The van der Waals surface area contributed by atoms with E-state index >= 15 is 0 Å². The van der Waals surface area contributed by atoms with Crippen LogP contribution in [0, 0.1) is 0 Å². The average Bonchev–Trinajstić information content (AvgIpc) is 3.35. The van der Waals surface area contributed by atoms with Gasteiger partial charge in [-0.1, -0.05) is 18.2 Å². The summed E-state index contributed by atoms with van der Waals surface area (Å²) in [5, 5.41) is 4.64. The van der Waals surface area contributed by atoms with Crippen molar-refractivity contribution >= 4 is 28.3 Å². The number of carbonyl (C=O) groups is 1. The third-order valence-corrected chi connectivity index (χ3v) is 5.93. The van der Waals surface area contributed by atoms with Crippen molar-refractivity contribution in [2.75, 3.05) is 11.4 Å². The molecule has 3 aromatic heterocycles. The fraction of sp³-hybridized carbons (Fsp3) is 0.273. The predicted octanol–water partition coefficient (Wildman–Crippen LogP) is 2.51. The Morgan fingerprint density at radius 3 is 2.83 bits per heavy atom. The quantitative estimate of drug-likeness (QED) is 0.543. The van der Waals surface area contributed by atoms with Gasteiger partial charge in [0.05, 0.1) is 11.2 Å². The molecule has 1 aliphatic heterocycles.